The molecule has 1 N–H and O–H groups in total. The fourth-order valence-corrected chi connectivity index (χ4v) is 4.62. The van der Waals surface area contributed by atoms with Crippen LogP contribution in [0.4, 0.5) is 0 Å². The molecule has 0 radical (unpaired) electrons. The number of thioether (sulfide) groups is 1. The summed E-state index contributed by atoms with van der Waals surface area (Å²) in [4.78, 5) is 33.9. The highest BCUT2D eigenvalue weighted by molar-refractivity contribution is 8.00. The molecule has 1 aromatic rings. The van der Waals surface area contributed by atoms with E-state index in [0.29, 0.717) is 16.6 Å². The summed E-state index contributed by atoms with van der Waals surface area (Å²) in [7, 11) is 1.94. The van der Waals surface area contributed by atoms with E-state index >= 15 is 0 Å². The van der Waals surface area contributed by atoms with Crippen molar-refractivity contribution < 1.29 is 9.59 Å². The third kappa shape index (κ3) is 5.99. The maximum absolute atomic E-state index is 13.0. The minimum atomic E-state index is -0.235. The molecule has 0 aromatic carbocycles. The number of likely N-dealkylation sites (N-methyl/N-ethyl adjacent to an activating group) is 1. The van der Waals surface area contributed by atoms with Crippen molar-refractivity contribution in [3.63, 3.8) is 0 Å². The topological polar surface area (TPSA) is 65.5 Å². The van der Waals surface area contributed by atoms with E-state index in [-0.39, 0.29) is 41.9 Å². The molecule has 158 valence electrons. The van der Waals surface area contributed by atoms with Gasteiger partial charge in [-0.25, -0.2) is 4.98 Å². The SMILES string of the molecule is CNC1CCCN(C(=O)c2cccnc2SC(C)C(=O)N2CCCC2)C1.Cl.Cl. The average molecular weight is 449 g/mol. The van der Waals surface area contributed by atoms with Crippen molar-refractivity contribution in [1.29, 1.82) is 0 Å². The second-order valence-electron chi connectivity index (χ2n) is 7.03. The van der Waals surface area contributed by atoms with Crippen LogP contribution in [0.25, 0.3) is 0 Å². The zero-order valence-electron chi connectivity index (χ0n) is 16.4. The number of pyridine rings is 1. The summed E-state index contributed by atoms with van der Waals surface area (Å²) in [5, 5.41) is 3.69. The molecule has 2 unspecified atom stereocenters. The molecule has 3 rings (SSSR count). The van der Waals surface area contributed by atoms with Crippen molar-refractivity contribution in [2.75, 3.05) is 33.2 Å². The van der Waals surface area contributed by atoms with Crippen molar-refractivity contribution in [3.05, 3.63) is 23.9 Å². The van der Waals surface area contributed by atoms with Gasteiger partial charge in [-0.3, -0.25) is 9.59 Å². The van der Waals surface area contributed by atoms with E-state index in [1.807, 2.05) is 29.8 Å². The molecule has 2 aliphatic rings. The van der Waals surface area contributed by atoms with Gasteiger partial charge in [0.05, 0.1) is 10.8 Å². The molecule has 2 atom stereocenters. The molecule has 3 heterocycles. The fraction of sp³-hybridized carbons (Fsp3) is 0.632. The van der Waals surface area contributed by atoms with Crippen LogP contribution in [0, 0.1) is 0 Å². The number of hydrogen-bond donors (Lipinski definition) is 1. The zero-order valence-corrected chi connectivity index (χ0v) is 18.9. The third-order valence-corrected chi connectivity index (χ3v) is 6.28. The fourth-order valence-electron chi connectivity index (χ4n) is 3.63. The lowest BCUT2D eigenvalue weighted by molar-refractivity contribution is -0.129. The molecule has 2 amide bonds. The van der Waals surface area contributed by atoms with Gasteiger partial charge in [-0.15, -0.1) is 24.8 Å². The van der Waals surface area contributed by atoms with Crippen LogP contribution in [-0.2, 0) is 4.79 Å². The van der Waals surface area contributed by atoms with Gasteiger partial charge in [0.15, 0.2) is 0 Å². The largest absolute Gasteiger partial charge is 0.342 e. The van der Waals surface area contributed by atoms with Gasteiger partial charge in [0.25, 0.3) is 5.91 Å². The highest BCUT2D eigenvalue weighted by Crippen LogP contribution is 2.28. The van der Waals surface area contributed by atoms with Crippen LogP contribution in [0.1, 0.15) is 43.0 Å². The second kappa shape index (κ2) is 11.9. The molecule has 0 spiro atoms. The molecule has 0 aliphatic carbocycles. The Hall–Kier alpha value is -1.02. The first-order chi connectivity index (χ1) is 12.6. The summed E-state index contributed by atoms with van der Waals surface area (Å²) in [6, 6.07) is 3.97. The van der Waals surface area contributed by atoms with Crippen LogP contribution < -0.4 is 5.32 Å². The Morgan fingerprint density at radius 3 is 2.54 bits per heavy atom. The maximum Gasteiger partial charge on any atom is 0.256 e. The molecule has 28 heavy (non-hydrogen) atoms. The lowest BCUT2D eigenvalue weighted by Gasteiger charge is -2.33. The number of likely N-dealkylation sites (tertiary alicyclic amines) is 2. The van der Waals surface area contributed by atoms with Gasteiger partial charge in [-0.2, -0.15) is 0 Å². The summed E-state index contributed by atoms with van der Waals surface area (Å²) in [6.07, 6.45) is 5.95. The first-order valence-electron chi connectivity index (χ1n) is 9.47. The zero-order chi connectivity index (χ0) is 18.5. The Bertz CT molecular complexity index is 659. The van der Waals surface area contributed by atoms with E-state index in [0.717, 1.165) is 51.9 Å². The molecular formula is C19H30Cl2N4O2S. The van der Waals surface area contributed by atoms with E-state index in [2.05, 4.69) is 10.3 Å². The van der Waals surface area contributed by atoms with E-state index in [9.17, 15) is 9.59 Å². The highest BCUT2D eigenvalue weighted by Gasteiger charge is 2.28. The average Bonchev–Trinajstić information content (AvgIpc) is 3.22. The van der Waals surface area contributed by atoms with Gasteiger partial charge in [0, 0.05) is 38.4 Å². The first-order valence-corrected chi connectivity index (χ1v) is 10.3. The summed E-state index contributed by atoms with van der Waals surface area (Å²) >= 11 is 1.40. The van der Waals surface area contributed by atoms with Crippen molar-refractivity contribution in [2.45, 2.75) is 48.9 Å². The molecule has 2 saturated heterocycles. The second-order valence-corrected chi connectivity index (χ2v) is 8.36. The standard InChI is InChI=1S/C19H28N4O2S.2ClH/c1-14(18(24)22-10-3-4-11-22)26-17-16(8-5-9-21-17)19(25)23-12-6-7-15(13-23)20-2;;/h5,8-9,14-15,20H,3-4,6-7,10-13H2,1-2H3;2*1H. The third-order valence-electron chi connectivity index (χ3n) is 5.17. The number of carbonyl (C=O) groups excluding carboxylic acids is 2. The molecule has 0 saturated carbocycles. The van der Waals surface area contributed by atoms with Crippen LogP contribution >= 0.6 is 36.6 Å². The van der Waals surface area contributed by atoms with Crippen molar-refractivity contribution >= 4 is 48.4 Å². The van der Waals surface area contributed by atoms with E-state index in [4.69, 9.17) is 0 Å². The van der Waals surface area contributed by atoms with Crippen LogP contribution in [0.3, 0.4) is 0 Å². The van der Waals surface area contributed by atoms with Crippen LogP contribution in [-0.4, -0.2) is 71.1 Å². The monoisotopic (exact) mass is 448 g/mol. The van der Waals surface area contributed by atoms with Gasteiger partial charge in [0.2, 0.25) is 5.91 Å². The van der Waals surface area contributed by atoms with Crippen LogP contribution in [0.5, 0.6) is 0 Å². The molecule has 2 aliphatic heterocycles. The lowest BCUT2D eigenvalue weighted by atomic mass is 10.1. The van der Waals surface area contributed by atoms with Crippen LogP contribution in [0.2, 0.25) is 0 Å². The Kier molecular flexibility index (Phi) is 10.6. The van der Waals surface area contributed by atoms with Gasteiger partial charge in [0.1, 0.15) is 5.03 Å². The normalized spacial score (nSPS) is 20.1. The lowest BCUT2D eigenvalue weighted by Crippen LogP contribution is -2.47. The summed E-state index contributed by atoms with van der Waals surface area (Å²) in [5.74, 6) is 0.158. The van der Waals surface area contributed by atoms with Gasteiger partial charge < -0.3 is 15.1 Å². The molecule has 9 heteroatoms. The van der Waals surface area contributed by atoms with E-state index < -0.39 is 0 Å². The first kappa shape index (κ1) is 25.0. The number of nitrogens with one attached hydrogen (secondary N) is 1. The smallest absolute Gasteiger partial charge is 0.256 e. The number of piperidine rings is 1. The Morgan fingerprint density at radius 1 is 1.18 bits per heavy atom. The Balaban J connectivity index is 0.00000196. The summed E-state index contributed by atoms with van der Waals surface area (Å²) in [5.41, 5.74) is 0.607. The van der Waals surface area contributed by atoms with Crippen LogP contribution in [0.15, 0.2) is 23.4 Å². The van der Waals surface area contributed by atoms with E-state index in [1.54, 1.807) is 12.3 Å². The van der Waals surface area contributed by atoms with Gasteiger partial charge >= 0.3 is 0 Å². The Morgan fingerprint density at radius 2 is 1.86 bits per heavy atom. The van der Waals surface area contributed by atoms with Crippen molar-refractivity contribution in [3.8, 4) is 0 Å². The van der Waals surface area contributed by atoms with E-state index in [1.165, 1.54) is 11.8 Å². The Labute approximate surface area is 184 Å². The summed E-state index contributed by atoms with van der Waals surface area (Å²) < 4.78 is 0. The number of nitrogens with zero attached hydrogens (tertiary/aromatic N) is 3. The maximum atomic E-state index is 13.0. The molecule has 2 fully saturated rings. The summed E-state index contributed by atoms with van der Waals surface area (Å²) in [6.45, 7) is 5.09. The number of halogens is 2. The van der Waals surface area contributed by atoms with Crippen molar-refractivity contribution in [2.24, 2.45) is 0 Å². The number of hydrogen-bond acceptors (Lipinski definition) is 5. The molecule has 1 aromatic heterocycles. The molecule has 0 bridgehead atoms. The predicted octanol–water partition coefficient (Wildman–Crippen LogP) is 2.85. The van der Waals surface area contributed by atoms with Gasteiger partial charge in [-0.1, -0.05) is 11.8 Å². The highest BCUT2D eigenvalue weighted by atomic mass is 35.5. The van der Waals surface area contributed by atoms with Gasteiger partial charge in [-0.05, 0) is 51.8 Å². The van der Waals surface area contributed by atoms with Crippen molar-refractivity contribution in [1.82, 2.24) is 20.1 Å². The quantitative estimate of drug-likeness (QED) is 0.701. The minimum absolute atomic E-state index is 0. The molecule has 6 nitrogen and oxygen atoms in total. The molecular weight excluding hydrogens is 419 g/mol. The minimum Gasteiger partial charge on any atom is -0.342 e. The number of rotatable bonds is 5. The number of aromatic nitrogens is 1. The number of carbonyl (C=O) groups is 2. The number of amides is 2. The predicted molar refractivity (Wildman–Crippen MR) is 118 cm³/mol.